The van der Waals surface area contributed by atoms with Crippen LogP contribution in [0.1, 0.15) is 25.5 Å². The zero-order valence-electron chi connectivity index (χ0n) is 10.6. The topological polar surface area (TPSA) is 30.5 Å². The van der Waals surface area contributed by atoms with E-state index < -0.39 is 0 Å². The molecule has 1 aromatic rings. The van der Waals surface area contributed by atoms with Gasteiger partial charge in [-0.3, -0.25) is 0 Å². The van der Waals surface area contributed by atoms with Crippen molar-refractivity contribution in [1.82, 2.24) is 5.32 Å². The molecule has 4 heteroatoms. The SMILES string of the molecule is CCOC(OCC)C(NC)c1ccc(F)cc1. The normalized spacial score (nSPS) is 13.0. The molecule has 0 amide bonds. The van der Waals surface area contributed by atoms with Gasteiger partial charge in [-0.15, -0.1) is 0 Å². The summed E-state index contributed by atoms with van der Waals surface area (Å²) in [5.74, 6) is -0.243. The molecule has 1 atom stereocenters. The van der Waals surface area contributed by atoms with Crippen molar-refractivity contribution in [2.24, 2.45) is 0 Å². The Kier molecular flexibility index (Phi) is 6.11. The van der Waals surface area contributed by atoms with Crippen molar-refractivity contribution in [3.05, 3.63) is 35.6 Å². The molecular formula is C13H20FNO2. The van der Waals surface area contributed by atoms with E-state index in [0.717, 1.165) is 5.56 Å². The maximum atomic E-state index is 12.9. The van der Waals surface area contributed by atoms with Gasteiger partial charge in [0.15, 0.2) is 6.29 Å². The van der Waals surface area contributed by atoms with E-state index in [1.54, 1.807) is 12.1 Å². The second-order valence-electron chi connectivity index (χ2n) is 3.60. The molecule has 1 aromatic carbocycles. The average molecular weight is 241 g/mol. The lowest BCUT2D eigenvalue weighted by atomic mass is 10.1. The lowest BCUT2D eigenvalue weighted by Gasteiger charge is -2.26. The van der Waals surface area contributed by atoms with Crippen LogP contribution in [0.15, 0.2) is 24.3 Å². The summed E-state index contributed by atoms with van der Waals surface area (Å²) in [4.78, 5) is 0. The number of halogens is 1. The molecule has 1 rings (SSSR count). The van der Waals surface area contributed by atoms with Gasteiger partial charge in [-0.05, 0) is 38.6 Å². The Morgan fingerprint density at radius 1 is 1.12 bits per heavy atom. The van der Waals surface area contributed by atoms with Crippen molar-refractivity contribution >= 4 is 0 Å². The Morgan fingerprint density at radius 2 is 1.65 bits per heavy atom. The highest BCUT2D eigenvalue weighted by Gasteiger charge is 2.22. The first-order chi connectivity index (χ1) is 8.22. The Bertz CT molecular complexity index is 310. The highest BCUT2D eigenvalue weighted by Crippen LogP contribution is 2.20. The van der Waals surface area contributed by atoms with Crippen molar-refractivity contribution < 1.29 is 13.9 Å². The Labute approximate surface area is 102 Å². The molecule has 0 aliphatic rings. The fourth-order valence-corrected chi connectivity index (χ4v) is 1.70. The molecule has 17 heavy (non-hydrogen) atoms. The zero-order chi connectivity index (χ0) is 12.7. The lowest BCUT2D eigenvalue weighted by molar-refractivity contribution is -0.154. The smallest absolute Gasteiger partial charge is 0.176 e. The van der Waals surface area contributed by atoms with Gasteiger partial charge in [0, 0.05) is 13.2 Å². The quantitative estimate of drug-likeness (QED) is 0.744. The molecule has 0 bridgehead atoms. The standard InChI is InChI=1S/C13H20FNO2/c1-4-16-13(17-5-2)12(15-3)10-6-8-11(14)9-7-10/h6-9,12-13,15H,4-5H2,1-3H3. The maximum absolute atomic E-state index is 12.9. The number of nitrogens with one attached hydrogen (secondary N) is 1. The van der Waals surface area contributed by atoms with Crippen molar-refractivity contribution in [3.8, 4) is 0 Å². The molecule has 1 unspecified atom stereocenters. The van der Waals surface area contributed by atoms with Gasteiger partial charge >= 0.3 is 0 Å². The van der Waals surface area contributed by atoms with E-state index in [-0.39, 0.29) is 18.1 Å². The predicted molar refractivity (Wildman–Crippen MR) is 65.2 cm³/mol. The molecule has 3 nitrogen and oxygen atoms in total. The first-order valence-corrected chi connectivity index (χ1v) is 5.88. The number of hydrogen-bond acceptors (Lipinski definition) is 3. The summed E-state index contributed by atoms with van der Waals surface area (Å²) in [5.41, 5.74) is 0.945. The van der Waals surface area contributed by atoms with E-state index in [1.807, 2.05) is 20.9 Å². The zero-order valence-corrected chi connectivity index (χ0v) is 10.6. The van der Waals surface area contributed by atoms with Crippen molar-refractivity contribution in [2.45, 2.75) is 26.2 Å². The second kappa shape index (κ2) is 7.37. The Morgan fingerprint density at radius 3 is 2.06 bits per heavy atom. The maximum Gasteiger partial charge on any atom is 0.176 e. The minimum Gasteiger partial charge on any atom is -0.351 e. The van der Waals surface area contributed by atoms with Crippen LogP contribution in [-0.4, -0.2) is 26.6 Å². The molecule has 0 saturated heterocycles. The van der Waals surface area contributed by atoms with E-state index in [9.17, 15) is 4.39 Å². The van der Waals surface area contributed by atoms with Crippen LogP contribution < -0.4 is 5.32 Å². The largest absolute Gasteiger partial charge is 0.351 e. The molecule has 0 saturated carbocycles. The van der Waals surface area contributed by atoms with E-state index in [4.69, 9.17) is 9.47 Å². The molecule has 1 N–H and O–H groups in total. The summed E-state index contributed by atoms with van der Waals surface area (Å²) in [7, 11) is 1.83. The van der Waals surface area contributed by atoms with Gasteiger partial charge < -0.3 is 14.8 Å². The summed E-state index contributed by atoms with van der Waals surface area (Å²) in [6.45, 7) is 4.99. The second-order valence-corrected chi connectivity index (χ2v) is 3.60. The van der Waals surface area contributed by atoms with Crippen molar-refractivity contribution in [3.63, 3.8) is 0 Å². The summed E-state index contributed by atoms with van der Waals surface area (Å²) in [6, 6.07) is 6.25. The molecule has 0 fully saturated rings. The third-order valence-electron chi connectivity index (χ3n) is 2.47. The fraction of sp³-hybridized carbons (Fsp3) is 0.538. The molecule has 96 valence electrons. The minimum absolute atomic E-state index is 0.101. The molecule has 0 aliphatic carbocycles. The van der Waals surface area contributed by atoms with Crippen molar-refractivity contribution in [1.29, 1.82) is 0 Å². The van der Waals surface area contributed by atoms with E-state index in [2.05, 4.69) is 5.32 Å². The lowest BCUT2D eigenvalue weighted by Crippen LogP contribution is -2.34. The van der Waals surface area contributed by atoms with E-state index in [1.165, 1.54) is 12.1 Å². The number of hydrogen-bond donors (Lipinski definition) is 1. The predicted octanol–water partition coefficient (Wildman–Crippen LogP) is 2.49. The number of benzene rings is 1. The Balaban J connectivity index is 2.83. The Hall–Kier alpha value is -0.970. The molecular weight excluding hydrogens is 221 g/mol. The number of likely N-dealkylation sites (N-methyl/N-ethyl adjacent to an activating group) is 1. The highest BCUT2D eigenvalue weighted by molar-refractivity contribution is 5.20. The van der Waals surface area contributed by atoms with Gasteiger partial charge in [-0.25, -0.2) is 4.39 Å². The molecule has 0 radical (unpaired) electrons. The third kappa shape index (κ3) is 4.07. The van der Waals surface area contributed by atoms with Gasteiger partial charge in [0.1, 0.15) is 5.82 Å². The average Bonchev–Trinajstić information content (AvgIpc) is 2.33. The van der Waals surface area contributed by atoms with Gasteiger partial charge in [-0.2, -0.15) is 0 Å². The fourth-order valence-electron chi connectivity index (χ4n) is 1.70. The van der Waals surface area contributed by atoms with Gasteiger partial charge in [-0.1, -0.05) is 12.1 Å². The van der Waals surface area contributed by atoms with Crippen LogP contribution in [0.25, 0.3) is 0 Å². The minimum atomic E-state index is -0.361. The van der Waals surface area contributed by atoms with Crippen LogP contribution in [0.2, 0.25) is 0 Å². The summed E-state index contributed by atoms with van der Waals surface area (Å²) in [5, 5.41) is 3.14. The van der Waals surface area contributed by atoms with E-state index in [0.29, 0.717) is 13.2 Å². The first-order valence-electron chi connectivity index (χ1n) is 5.88. The van der Waals surface area contributed by atoms with Crippen LogP contribution in [0.5, 0.6) is 0 Å². The van der Waals surface area contributed by atoms with Crippen LogP contribution in [0.3, 0.4) is 0 Å². The number of ether oxygens (including phenoxy) is 2. The number of rotatable bonds is 7. The molecule has 0 heterocycles. The van der Waals surface area contributed by atoms with Crippen LogP contribution in [0.4, 0.5) is 4.39 Å². The van der Waals surface area contributed by atoms with Crippen LogP contribution in [-0.2, 0) is 9.47 Å². The monoisotopic (exact) mass is 241 g/mol. The summed E-state index contributed by atoms with van der Waals surface area (Å²) >= 11 is 0. The first kappa shape index (κ1) is 14.1. The third-order valence-corrected chi connectivity index (χ3v) is 2.47. The van der Waals surface area contributed by atoms with E-state index >= 15 is 0 Å². The van der Waals surface area contributed by atoms with Gasteiger partial charge in [0.25, 0.3) is 0 Å². The molecule has 0 aliphatic heterocycles. The highest BCUT2D eigenvalue weighted by atomic mass is 19.1. The van der Waals surface area contributed by atoms with Gasteiger partial charge in [0.05, 0.1) is 6.04 Å². The summed E-state index contributed by atoms with van der Waals surface area (Å²) in [6.07, 6.45) is -0.361. The molecule has 0 aromatic heterocycles. The van der Waals surface area contributed by atoms with Gasteiger partial charge in [0.2, 0.25) is 0 Å². The van der Waals surface area contributed by atoms with Crippen LogP contribution in [0, 0.1) is 5.82 Å². The summed E-state index contributed by atoms with van der Waals surface area (Å²) < 4.78 is 24.0. The van der Waals surface area contributed by atoms with Crippen molar-refractivity contribution in [2.75, 3.05) is 20.3 Å². The molecule has 0 spiro atoms. The van der Waals surface area contributed by atoms with Crippen LogP contribution >= 0.6 is 0 Å².